The van der Waals surface area contributed by atoms with Crippen molar-refractivity contribution in [1.82, 2.24) is 10.2 Å². The molecule has 10 nitrogen and oxygen atoms in total. The van der Waals surface area contributed by atoms with Gasteiger partial charge in [-0.15, -0.1) is 0 Å². The lowest BCUT2D eigenvalue weighted by Crippen LogP contribution is -2.51. The smallest absolute Gasteiger partial charge is 0.244 e. The first kappa shape index (κ1) is 27.1. The lowest BCUT2D eigenvalue weighted by atomic mass is 10.1. The normalized spacial score (nSPS) is 13.4. The molecular formula is C25H33N3O7S. The molecule has 2 amide bonds. The van der Waals surface area contributed by atoms with Crippen molar-refractivity contribution in [3.8, 4) is 17.2 Å². The summed E-state index contributed by atoms with van der Waals surface area (Å²) in [6, 6.07) is 11.1. The average Bonchev–Trinajstić information content (AvgIpc) is 2.89. The van der Waals surface area contributed by atoms with Crippen molar-refractivity contribution in [3.63, 3.8) is 0 Å². The average molecular weight is 520 g/mol. The summed E-state index contributed by atoms with van der Waals surface area (Å²) in [7, 11) is -2.30. The van der Waals surface area contributed by atoms with Crippen LogP contribution in [-0.4, -0.2) is 70.3 Å². The lowest BCUT2D eigenvalue weighted by Gasteiger charge is -2.32. The van der Waals surface area contributed by atoms with Crippen molar-refractivity contribution >= 4 is 27.5 Å². The second-order valence-corrected chi connectivity index (χ2v) is 10.4. The number of nitrogens with zero attached hydrogens (tertiary/aromatic N) is 2. The minimum atomic E-state index is -3.84. The SMILES string of the molecule is CCNC(=O)[C@@H](C)N(Cc1cccc(OC)c1)C(=O)CN(c1ccc2c(c1)OCCO2)S(=O)(=O)CC. The van der Waals surface area contributed by atoms with Crippen LogP contribution in [0.3, 0.4) is 0 Å². The van der Waals surface area contributed by atoms with E-state index < -0.39 is 28.5 Å². The number of nitrogens with one attached hydrogen (secondary N) is 1. The molecule has 0 radical (unpaired) electrons. The van der Waals surface area contributed by atoms with Crippen molar-refractivity contribution < 1.29 is 32.2 Å². The lowest BCUT2D eigenvalue weighted by molar-refractivity contribution is -0.139. The monoisotopic (exact) mass is 519 g/mol. The van der Waals surface area contributed by atoms with Gasteiger partial charge in [-0.3, -0.25) is 13.9 Å². The predicted octanol–water partition coefficient (Wildman–Crippen LogP) is 2.18. The fourth-order valence-corrected chi connectivity index (χ4v) is 4.83. The number of ether oxygens (including phenoxy) is 3. The number of likely N-dealkylation sites (N-methyl/N-ethyl adjacent to an activating group) is 1. The summed E-state index contributed by atoms with van der Waals surface area (Å²) >= 11 is 0. The molecule has 1 aliphatic rings. The molecule has 0 aromatic heterocycles. The van der Waals surface area contributed by atoms with Crippen LogP contribution in [0.1, 0.15) is 26.3 Å². The molecule has 0 aliphatic carbocycles. The van der Waals surface area contributed by atoms with E-state index in [4.69, 9.17) is 14.2 Å². The van der Waals surface area contributed by atoms with Crippen LogP contribution in [0.2, 0.25) is 0 Å². The zero-order valence-electron chi connectivity index (χ0n) is 21.0. The Morgan fingerprint density at radius 2 is 1.81 bits per heavy atom. The number of hydrogen-bond acceptors (Lipinski definition) is 7. The van der Waals surface area contributed by atoms with E-state index >= 15 is 0 Å². The van der Waals surface area contributed by atoms with E-state index in [0.29, 0.717) is 37.0 Å². The Balaban J connectivity index is 1.95. The van der Waals surface area contributed by atoms with Crippen LogP contribution in [-0.2, 0) is 26.2 Å². The zero-order valence-corrected chi connectivity index (χ0v) is 21.8. The standard InChI is InChI=1S/C25H33N3O7S/c1-5-26-25(30)18(3)27(16-19-8-7-9-21(14-19)33-4)24(29)17-28(36(31,32)6-2)20-10-11-22-23(15-20)35-13-12-34-22/h7-11,14-15,18H,5-6,12-13,16-17H2,1-4H3,(H,26,30)/t18-/m1/s1. The molecule has 0 unspecified atom stereocenters. The summed E-state index contributed by atoms with van der Waals surface area (Å²) in [6.07, 6.45) is 0. The van der Waals surface area contributed by atoms with Gasteiger partial charge in [-0.05, 0) is 50.6 Å². The largest absolute Gasteiger partial charge is 0.497 e. The first-order valence-corrected chi connectivity index (χ1v) is 13.4. The molecule has 1 atom stereocenters. The molecule has 0 fully saturated rings. The van der Waals surface area contributed by atoms with E-state index in [1.807, 2.05) is 6.07 Å². The maximum atomic E-state index is 13.6. The molecule has 2 aromatic carbocycles. The molecule has 0 saturated heterocycles. The third-order valence-corrected chi connectivity index (χ3v) is 7.54. The second kappa shape index (κ2) is 12.0. The van der Waals surface area contributed by atoms with Gasteiger partial charge in [-0.2, -0.15) is 0 Å². The predicted molar refractivity (Wildman–Crippen MR) is 136 cm³/mol. The number of hydrogen-bond donors (Lipinski definition) is 1. The van der Waals surface area contributed by atoms with Crippen LogP contribution in [0.25, 0.3) is 0 Å². The molecule has 0 spiro atoms. The molecule has 36 heavy (non-hydrogen) atoms. The summed E-state index contributed by atoms with van der Waals surface area (Å²) in [6.45, 7) is 5.67. The first-order valence-electron chi connectivity index (χ1n) is 11.8. The number of fused-ring (bicyclic) bond motifs is 1. The third kappa shape index (κ3) is 6.39. The Morgan fingerprint density at radius 3 is 2.47 bits per heavy atom. The van der Waals surface area contributed by atoms with E-state index in [-0.39, 0.29) is 23.9 Å². The number of anilines is 1. The van der Waals surface area contributed by atoms with Crippen LogP contribution >= 0.6 is 0 Å². The van der Waals surface area contributed by atoms with E-state index in [1.165, 1.54) is 11.8 Å². The zero-order chi connectivity index (χ0) is 26.3. The van der Waals surface area contributed by atoms with Crippen LogP contribution < -0.4 is 23.8 Å². The second-order valence-electron chi connectivity index (χ2n) is 8.18. The van der Waals surface area contributed by atoms with Gasteiger partial charge in [0.15, 0.2) is 11.5 Å². The minimum Gasteiger partial charge on any atom is -0.497 e. The van der Waals surface area contributed by atoms with E-state index in [9.17, 15) is 18.0 Å². The van der Waals surface area contributed by atoms with Crippen LogP contribution in [0.15, 0.2) is 42.5 Å². The summed E-state index contributed by atoms with van der Waals surface area (Å²) in [5.74, 6) is 0.454. The van der Waals surface area contributed by atoms with Gasteiger partial charge in [0.25, 0.3) is 0 Å². The summed E-state index contributed by atoms with van der Waals surface area (Å²) in [5, 5.41) is 2.73. The van der Waals surface area contributed by atoms with Crippen molar-refractivity contribution in [2.24, 2.45) is 0 Å². The maximum Gasteiger partial charge on any atom is 0.244 e. The fraction of sp³-hybridized carbons (Fsp3) is 0.440. The van der Waals surface area contributed by atoms with Gasteiger partial charge in [-0.1, -0.05) is 12.1 Å². The van der Waals surface area contributed by atoms with E-state index in [1.54, 1.807) is 57.4 Å². The van der Waals surface area contributed by atoms with Crippen molar-refractivity contribution in [2.75, 3.05) is 43.5 Å². The summed E-state index contributed by atoms with van der Waals surface area (Å²) in [4.78, 5) is 27.7. The fourth-order valence-electron chi connectivity index (χ4n) is 3.78. The molecule has 196 valence electrons. The Kier molecular flexibility index (Phi) is 9.03. The topological polar surface area (TPSA) is 114 Å². The summed E-state index contributed by atoms with van der Waals surface area (Å²) in [5.41, 5.74) is 1.02. The number of amides is 2. The van der Waals surface area contributed by atoms with E-state index in [2.05, 4.69) is 5.32 Å². The third-order valence-electron chi connectivity index (χ3n) is 5.80. The van der Waals surface area contributed by atoms with Crippen LogP contribution in [0.5, 0.6) is 17.2 Å². The number of carbonyl (C=O) groups excluding carboxylic acids is 2. The molecule has 11 heteroatoms. The maximum absolute atomic E-state index is 13.6. The highest BCUT2D eigenvalue weighted by atomic mass is 32.2. The molecule has 1 heterocycles. The number of benzene rings is 2. The van der Waals surface area contributed by atoms with Gasteiger partial charge in [-0.25, -0.2) is 8.42 Å². The summed E-state index contributed by atoms with van der Waals surface area (Å²) < 4.78 is 43.6. The molecule has 0 saturated carbocycles. The quantitative estimate of drug-likeness (QED) is 0.484. The van der Waals surface area contributed by atoms with Gasteiger partial charge in [0, 0.05) is 19.2 Å². The number of rotatable bonds is 11. The molecule has 0 bridgehead atoms. The highest BCUT2D eigenvalue weighted by Gasteiger charge is 2.31. The number of methoxy groups -OCH3 is 1. The van der Waals surface area contributed by atoms with Gasteiger partial charge < -0.3 is 24.4 Å². The van der Waals surface area contributed by atoms with Gasteiger partial charge in [0.05, 0.1) is 18.6 Å². The molecular weight excluding hydrogens is 486 g/mol. The number of carbonyl (C=O) groups is 2. The Labute approximate surface area is 212 Å². The van der Waals surface area contributed by atoms with Crippen molar-refractivity contribution in [2.45, 2.75) is 33.4 Å². The van der Waals surface area contributed by atoms with Gasteiger partial charge >= 0.3 is 0 Å². The van der Waals surface area contributed by atoms with E-state index in [0.717, 1.165) is 9.87 Å². The van der Waals surface area contributed by atoms with Gasteiger partial charge in [0.2, 0.25) is 21.8 Å². The Morgan fingerprint density at radius 1 is 1.08 bits per heavy atom. The molecule has 3 rings (SSSR count). The Hall–Kier alpha value is -3.47. The van der Waals surface area contributed by atoms with Crippen LogP contribution in [0.4, 0.5) is 5.69 Å². The van der Waals surface area contributed by atoms with Crippen LogP contribution in [0, 0.1) is 0 Å². The minimum absolute atomic E-state index is 0.0927. The molecule has 1 aliphatic heterocycles. The van der Waals surface area contributed by atoms with Gasteiger partial charge in [0.1, 0.15) is 31.5 Å². The van der Waals surface area contributed by atoms with Crippen molar-refractivity contribution in [1.29, 1.82) is 0 Å². The molecule has 2 aromatic rings. The Bertz CT molecular complexity index is 1190. The van der Waals surface area contributed by atoms with Crippen molar-refractivity contribution in [3.05, 3.63) is 48.0 Å². The highest BCUT2D eigenvalue weighted by molar-refractivity contribution is 7.92. The number of sulfonamides is 1. The first-order chi connectivity index (χ1) is 17.2. The highest BCUT2D eigenvalue weighted by Crippen LogP contribution is 2.35. The molecule has 1 N–H and O–H groups in total.